The number of aromatic amines is 1. The highest BCUT2D eigenvalue weighted by molar-refractivity contribution is 7.18. The third-order valence-electron chi connectivity index (χ3n) is 3.60. The van der Waals surface area contributed by atoms with Crippen molar-refractivity contribution in [1.29, 1.82) is 0 Å². The van der Waals surface area contributed by atoms with Crippen molar-refractivity contribution in [3.63, 3.8) is 0 Å². The number of halogens is 1. The normalized spacial score (nSPS) is 12.0. The van der Waals surface area contributed by atoms with Crippen LogP contribution in [0.5, 0.6) is 0 Å². The van der Waals surface area contributed by atoms with Crippen LogP contribution in [-0.2, 0) is 11.2 Å². The molecule has 2 aromatic rings. The minimum absolute atomic E-state index is 0. The number of fused-ring (bicyclic) bond motifs is 1. The van der Waals surface area contributed by atoms with E-state index >= 15 is 0 Å². The Morgan fingerprint density at radius 1 is 1.43 bits per heavy atom. The lowest BCUT2D eigenvalue weighted by molar-refractivity contribution is -0.121. The second kappa shape index (κ2) is 8.42. The summed E-state index contributed by atoms with van der Waals surface area (Å²) in [6, 6.07) is 0.0750. The fourth-order valence-corrected chi connectivity index (χ4v) is 3.23. The number of carbonyl (C=O) groups is 1. The maximum atomic E-state index is 12.1. The largest absolute Gasteiger partial charge is 0.356 e. The molecule has 2 heterocycles. The van der Waals surface area contributed by atoms with Gasteiger partial charge >= 0.3 is 0 Å². The van der Waals surface area contributed by atoms with Gasteiger partial charge in [-0.3, -0.25) is 9.59 Å². The second-order valence-corrected chi connectivity index (χ2v) is 6.80. The molecular weight excluding hydrogens is 336 g/mol. The number of rotatable bonds is 6. The van der Waals surface area contributed by atoms with Crippen molar-refractivity contribution in [1.82, 2.24) is 15.3 Å². The first-order valence-corrected chi connectivity index (χ1v) is 8.21. The Morgan fingerprint density at radius 3 is 2.78 bits per heavy atom. The Balaban J connectivity index is 0.00000264. The van der Waals surface area contributed by atoms with Crippen LogP contribution in [0.4, 0.5) is 0 Å². The van der Waals surface area contributed by atoms with Crippen LogP contribution < -0.4 is 16.6 Å². The van der Waals surface area contributed by atoms with Crippen molar-refractivity contribution in [3.8, 4) is 0 Å². The van der Waals surface area contributed by atoms with E-state index in [1.807, 2.05) is 20.8 Å². The standard InChI is InChI=1S/C15H22N4O2S.ClH/c1-8(16)6-7-17-12(20)5-4-11-18-14(21)13-9(2)10(3)22-15(13)19-11;/h8H,4-7,16H2,1-3H3,(H,17,20)(H,18,19,21);1H. The number of hydrogen-bond acceptors (Lipinski definition) is 5. The number of aryl methyl sites for hydroxylation is 3. The molecule has 2 aromatic heterocycles. The van der Waals surface area contributed by atoms with E-state index in [1.54, 1.807) is 0 Å². The van der Waals surface area contributed by atoms with Gasteiger partial charge in [0.05, 0.1) is 5.39 Å². The molecule has 2 rings (SSSR count). The Morgan fingerprint density at radius 2 is 2.13 bits per heavy atom. The van der Waals surface area contributed by atoms with Crippen LogP contribution in [-0.4, -0.2) is 28.5 Å². The van der Waals surface area contributed by atoms with E-state index in [9.17, 15) is 9.59 Å². The first-order chi connectivity index (χ1) is 10.4. The molecule has 0 aromatic carbocycles. The molecule has 0 aliphatic carbocycles. The number of nitrogens with zero attached hydrogens (tertiary/aromatic N) is 1. The number of nitrogens with one attached hydrogen (secondary N) is 2. The highest BCUT2D eigenvalue weighted by atomic mass is 35.5. The summed E-state index contributed by atoms with van der Waals surface area (Å²) in [4.78, 5) is 32.9. The van der Waals surface area contributed by atoms with Gasteiger partial charge < -0.3 is 16.0 Å². The summed E-state index contributed by atoms with van der Waals surface area (Å²) < 4.78 is 0. The molecule has 1 atom stereocenters. The maximum Gasteiger partial charge on any atom is 0.259 e. The summed E-state index contributed by atoms with van der Waals surface area (Å²) >= 11 is 1.51. The van der Waals surface area contributed by atoms with Crippen molar-refractivity contribution >= 4 is 39.9 Å². The number of thiophene rings is 1. The van der Waals surface area contributed by atoms with E-state index in [1.165, 1.54) is 11.3 Å². The summed E-state index contributed by atoms with van der Waals surface area (Å²) in [5, 5.41) is 3.47. The lowest BCUT2D eigenvalue weighted by atomic mass is 10.2. The molecule has 0 aliphatic heterocycles. The topological polar surface area (TPSA) is 101 Å². The van der Waals surface area contributed by atoms with E-state index in [-0.39, 0.29) is 29.9 Å². The van der Waals surface area contributed by atoms with E-state index < -0.39 is 0 Å². The number of carbonyl (C=O) groups excluding carboxylic acids is 1. The van der Waals surface area contributed by atoms with Crippen LogP contribution in [0, 0.1) is 13.8 Å². The molecule has 0 saturated heterocycles. The summed E-state index contributed by atoms with van der Waals surface area (Å²) in [7, 11) is 0. The van der Waals surface area contributed by atoms with Crippen LogP contribution in [0.2, 0.25) is 0 Å². The van der Waals surface area contributed by atoms with Gasteiger partial charge in [0.2, 0.25) is 5.91 Å². The SMILES string of the molecule is Cc1sc2nc(CCC(=O)NCCC(C)N)[nH]c(=O)c2c1C.Cl. The molecule has 4 N–H and O–H groups in total. The average Bonchev–Trinajstić information content (AvgIpc) is 2.71. The van der Waals surface area contributed by atoms with Gasteiger partial charge in [-0.05, 0) is 32.8 Å². The number of aromatic nitrogens is 2. The van der Waals surface area contributed by atoms with Crippen molar-refractivity contribution < 1.29 is 4.79 Å². The van der Waals surface area contributed by atoms with Crippen LogP contribution in [0.25, 0.3) is 10.2 Å². The first kappa shape index (κ1) is 19.6. The van der Waals surface area contributed by atoms with E-state index in [0.29, 0.717) is 30.6 Å². The van der Waals surface area contributed by atoms with Gasteiger partial charge in [0.15, 0.2) is 0 Å². The molecule has 1 amide bonds. The van der Waals surface area contributed by atoms with E-state index in [2.05, 4.69) is 15.3 Å². The van der Waals surface area contributed by atoms with Gasteiger partial charge in [-0.1, -0.05) is 0 Å². The fourth-order valence-electron chi connectivity index (χ4n) is 2.18. The number of nitrogens with two attached hydrogens (primary N) is 1. The van der Waals surface area contributed by atoms with Gasteiger partial charge in [0.1, 0.15) is 10.7 Å². The highest BCUT2D eigenvalue weighted by Crippen LogP contribution is 2.25. The quantitative estimate of drug-likeness (QED) is 0.733. The molecule has 0 spiro atoms. The zero-order valence-corrected chi connectivity index (χ0v) is 15.2. The summed E-state index contributed by atoms with van der Waals surface area (Å²) in [6.07, 6.45) is 1.47. The molecule has 0 saturated carbocycles. The zero-order valence-electron chi connectivity index (χ0n) is 13.6. The minimum atomic E-state index is -0.126. The second-order valence-electron chi connectivity index (χ2n) is 5.59. The lowest BCUT2D eigenvalue weighted by Crippen LogP contribution is -2.29. The van der Waals surface area contributed by atoms with Crippen LogP contribution in [0.15, 0.2) is 4.79 Å². The van der Waals surface area contributed by atoms with Crippen molar-refractivity contribution in [2.75, 3.05) is 6.54 Å². The summed E-state index contributed by atoms with van der Waals surface area (Å²) in [6.45, 7) is 6.38. The predicted molar refractivity (Wildman–Crippen MR) is 96.6 cm³/mol. The maximum absolute atomic E-state index is 12.1. The van der Waals surface area contributed by atoms with Crippen LogP contribution in [0.1, 0.15) is 36.0 Å². The monoisotopic (exact) mass is 358 g/mol. The van der Waals surface area contributed by atoms with Gasteiger partial charge in [-0.25, -0.2) is 4.98 Å². The molecule has 1 unspecified atom stereocenters. The fraction of sp³-hybridized carbons (Fsp3) is 0.533. The molecule has 0 fully saturated rings. The third kappa shape index (κ3) is 5.02. The van der Waals surface area contributed by atoms with Gasteiger partial charge in [0, 0.05) is 30.3 Å². The van der Waals surface area contributed by atoms with Gasteiger partial charge in [0.25, 0.3) is 5.56 Å². The predicted octanol–water partition coefficient (Wildman–Crippen LogP) is 1.81. The Kier molecular flexibility index (Phi) is 7.18. The van der Waals surface area contributed by atoms with Crippen LogP contribution >= 0.6 is 23.7 Å². The third-order valence-corrected chi connectivity index (χ3v) is 4.70. The lowest BCUT2D eigenvalue weighted by Gasteiger charge is -2.07. The first-order valence-electron chi connectivity index (χ1n) is 7.39. The van der Waals surface area contributed by atoms with Crippen molar-refractivity contribution in [2.45, 2.75) is 46.1 Å². The number of amides is 1. The van der Waals surface area contributed by atoms with Gasteiger partial charge in [-0.2, -0.15) is 0 Å². The average molecular weight is 359 g/mol. The molecule has 23 heavy (non-hydrogen) atoms. The van der Waals surface area contributed by atoms with Crippen molar-refractivity contribution in [2.24, 2.45) is 5.73 Å². The molecular formula is C15H23ClN4O2S. The number of H-pyrrole nitrogens is 1. The Bertz CT molecular complexity index is 739. The minimum Gasteiger partial charge on any atom is -0.356 e. The molecule has 0 bridgehead atoms. The Labute approximate surface area is 145 Å². The van der Waals surface area contributed by atoms with E-state index in [4.69, 9.17) is 5.73 Å². The van der Waals surface area contributed by atoms with Crippen LogP contribution in [0.3, 0.4) is 0 Å². The zero-order chi connectivity index (χ0) is 16.3. The Hall–Kier alpha value is -1.44. The summed E-state index contributed by atoms with van der Waals surface area (Å²) in [5.41, 5.74) is 6.48. The molecule has 0 aliphatic rings. The highest BCUT2D eigenvalue weighted by Gasteiger charge is 2.12. The molecule has 6 nitrogen and oxygen atoms in total. The molecule has 128 valence electrons. The molecule has 0 radical (unpaired) electrons. The number of hydrogen-bond donors (Lipinski definition) is 3. The smallest absolute Gasteiger partial charge is 0.259 e. The van der Waals surface area contributed by atoms with Gasteiger partial charge in [-0.15, -0.1) is 23.7 Å². The summed E-state index contributed by atoms with van der Waals surface area (Å²) in [5.74, 6) is 0.503. The van der Waals surface area contributed by atoms with E-state index in [0.717, 1.165) is 21.7 Å². The molecule has 8 heteroatoms. The van der Waals surface area contributed by atoms with Crippen molar-refractivity contribution in [3.05, 3.63) is 26.6 Å².